The summed E-state index contributed by atoms with van der Waals surface area (Å²) in [4.78, 5) is 7.60. The van der Waals surface area contributed by atoms with E-state index in [9.17, 15) is 17.2 Å². The summed E-state index contributed by atoms with van der Waals surface area (Å²) in [5.41, 5.74) is -0.167. The Hall–Kier alpha value is -1.94. The number of nitrogens with two attached hydrogens (primary N) is 1. The van der Waals surface area contributed by atoms with Crippen LogP contribution in [-0.4, -0.2) is 28.2 Å². The molecule has 0 aliphatic carbocycles. The molecular formula is C9H9F2N5O2S. The first-order chi connectivity index (χ1) is 8.79. The minimum Gasteiger partial charge on any atom is -0.242 e. The second-order valence-electron chi connectivity index (χ2n) is 3.68. The molecule has 0 aliphatic rings. The first-order valence-corrected chi connectivity index (χ1v) is 6.53. The van der Waals surface area contributed by atoms with Crippen LogP contribution in [0.5, 0.6) is 0 Å². The highest BCUT2D eigenvalue weighted by molar-refractivity contribution is 7.89. The number of hydrogen-bond donors (Lipinski definition) is 1. The van der Waals surface area contributed by atoms with Crippen LogP contribution in [0, 0.1) is 6.92 Å². The molecular weight excluding hydrogens is 280 g/mol. The number of halogens is 2. The molecule has 0 bridgehead atoms. The van der Waals surface area contributed by atoms with Crippen molar-refractivity contribution in [3.63, 3.8) is 0 Å². The van der Waals surface area contributed by atoms with Crippen molar-refractivity contribution in [2.45, 2.75) is 18.4 Å². The first kappa shape index (κ1) is 13.5. The Morgan fingerprint density at radius 2 is 2.00 bits per heavy atom. The van der Waals surface area contributed by atoms with Gasteiger partial charge in [0.15, 0.2) is 10.8 Å². The number of nitrogens with zero attached hydrogens (tertiary/aromatic N) is 4. The lowest BCUT2D eigenvalue weighted by Crippen LogP contribution is -2.17. The molecule has 2 aromatic heterocycles. The van der Waals surface area contributed by atoms with Crippen molar-refractivity contribution in [2.24, 2.45) is 5.14 Å². The maximum atomic E-state index is 12.6. The van der Waals surface area contributed by atoms with Crippen LogP contribution in [0.1, 0.15) is 17.8 Å². The molecule has 102 valence electrons. The molecule has 0 saturated carbocycles. The van der Waals surface area contributed by atoms with E-state index in [0.29, 0.717) is 5.69 Å². The minimum absolute atomic E-state index is 0.0448. The number of alkyl halides is 2. The second-order valence-corrected chi connectivity index (χ2v) is 5.19. The quantitative estimate of drug-likeness (QED) is 0.888. The fourth-order valence-electron chi connectivity index (χ4n) is 1.41. The summed E-state index contributed by atoms with van der Waals surface area (Å²) in [6, 6.07) is 2.12. The number of rotatable bonds is 3. The van der Waals surface area contributed by atoms with Gasteiger partial charge in [-0.25, -0.2) is 37.0 Å². The van der Waals surface area contributed by atoms with Crippen LogP contribution >= 0.6 is 0 Å². The zero-order valence-electron chi connectivity index (χ0n) is 9.66. The maximum absolute atomic E-state index is 12.6. The molecule has 0 atom stereocenters. The first-order valence-electron chi connectivity index (χ1n) is 4.99. The molecule has 2 heterocycles. The van der Waals surface area contributed by atoms with Gasteiger partial charge in [-0.15, -0.1) is 0 Å². The van der Waals surface area contributed by atoms with Gasteiger partial charge in [-0.3, -0.25) is 0 Å². The van der Waals surface area contributed by atoms with Crippen molar-refractivity contribution in [1.29, 1.82) is 0 Å². The highest BCUT2D eigenvalue weighted by Crippen LogP contribution is 2.22. The van der Waals surface area contributed by atoms with Gasteiger partial charge in [0.1, 0.15) is 12.0 Å². The van der Waals surface area contributed by atoms with Gasteiger partial charge < -0.3 is 0 Å². The summed E-state index contributed by atoms with van der Waals surface area (Å²) in [6.07, 6.45) is -1.74. The molecule has 7 nitrogen and oxygen atoms in total. The molecule has 19 heavy (non-hydrogen) atoms. The van der Waals surface area contributed by atoms with Crippen LogP contribution in [0.15, 0.2) is 23.5 Å². The van der Waals surface area contributed by atoms with E-state index >= 15 is 0 Å². The van der Waals surface area contributed by atoms with Crippen LogP contribution < -0.4 is 5.14 Å². The molecule has 0 fully saturated rings. The van der Waals surface area contributed by atoms with Crippen LogP contribution in [-0.2, 0) is 10.0 Å². The second kappa shape index (κ2) is 4.63. The number of aromatic nitrogens is 4. The standard InChI is InChI=1S/C9H9F2N5O2S/c1-5-2-7(14-4-13-5)16-8(19(12,17)18)3-6(15-16)9(10)11/h2-4,9H,1H3,(H2,12,17,18). The van der Waals surface area contributed by atoms with E-state index in [1.807, 2.05) is 0 Å². The molecule has 10 heteroatoms. The molecule has 2 aromatic rings. The maximum Gasteiger partial charge on any atom is 0.282 e. The predicted octanol–water partition coefficient (Wildman–Crippen LogP) is 0.556. The average Bonchev–Trinajstić information content (AvgIpc) is 2.73. The zero-order chi connectivity index (χ0) is 14.2. The van der Waals surface area contributed by atoms with Crippen molar-refractivity contribution in [2.75, 3.05) is 0 Å². The lowest BCUT2D eigenvalue weighted by Gasteiger charge is -2.04. The van der Waals surface area contributed by atoms with E-state index in [2.05, 4.69) is 15.1 Å². The summed E-state index contributed by atoms with van der Waals surface area (Å²) < 4.78 is 48.7. The van der Waals surface area contributed by atoms with E-state index in [4.69, 9.17) is 5.14 Å². The van der Waals surface area contributed by atoms with E-state index < -0.39 is 27.2 Å². The molecule has 0 saturated heterocycles. The number of hydrogen-bond acceptors (Lipinski definition) is 5. The molecule has 2 N–H and O–H groups in total. The molecule has 0 spiro atoms. The summed E-state index contributed by atoms with van der Waals surface area (Å²) in [5.74, 6) is 0.0448. The van der Waals surface area contributed by atoms with Gasteiger partial charge in [0, 0.05) is 17.8 Å². The molecule has 0 amide bonds. The van der Waals surface area contributed by atoms with E-state index in [-0.39, 0.29) is 5.82 Å². The van der Waals surface area contributed by atoms with Crippen LogP contribution in [0.25, 0.3) is 5.82 Å². The lowest BCUT2D eigenvalue weighted by atomic mass is 10.4. The minimum atomic E-state index is -4.20. The Balaban J connectivity index is 2.68. The summed E-state index contributed by atoms with van der Waals surface area (Å²) >= 11 is 0. The molecule has 0 aromatic carbocycles. The van der Waals surface area contributed by atoms with Gasteiger partial charge in [0.05, 0.1) is 0 Å². The van der Waals surface area contributed by atoms with E-state index in [1.165, 1.54) is 12.4 Å². The number of aryl methyl sites for hydroxylation is 1. The third-order valence-corrected chi connectivity index (χ3v) is 3.09. The van der Waals surface area contributed by atoms with Crippen LogP contribution in [0.3, 0.4) is 0 Å². The predicted molar refractivity (Wildman–Crippen MR) is 60.2 cm³/mol. The highest BCUT2D eigenvalue weighted by atomic mass is 32.2. The van der Waals surface area contributed by atoms with Crippen molar-refractivity contribution < 1.29 is 17.2 Å². The van der Waals surface area contributed by atoms with E-state index in [1.54, 1.807) is 6.92 Å². The average molecular weight is 289 g/mol. The van der Waals surface area contributed by atoms with Gasteiger partial charge in [0.25, 0.3) is 16.4 Å². The van der Waals surface area contributed by atoms with E-state index in [0.717, 1.165) is 10.7 Å². The lowest BCUT2D eigenvalue weighted by molar-refractivity contribution is 0.145. The molecule has 2 rings (SSSR count). The molecule has 0 unspecified atom stereocenters. The SMILES string of the molecule is Cc1cc(-n2nc(C(F)F)cc2S(N)(=O)=O)ncn1. The van der Waals surface area contributed by atoms with Crippen molar-refractivity contribution >= 4 is 10.0 Å². The van der Waals surface area contributed by atoms with Crippen molar-refractivity contribution in [3.8, 4) is 5.82 Å². The molecule has 0 aliphatic heterocycles. The third kappa shape index (κ3) is 2.74. The van der Waals surface area contributed by atoms with Gasteiger partial charge >= 0.3 is 0 Å². The molecule has 0 radical (unpaired) electrons. The Kier molecular flexibility index (Phi) is 3.28. The summed E-state index contributed by atoms with van der Waals surface area (Å²) in [5, 5.41) is 7.92. The third-order valence-electron chi connectivity index (χ3n) is 2.22. The summed E-state index contributed by atoms with van der Waals surface area (Å²) in [6.45, 7) is 1.64. The monoisotopic (exact) mass is 289 g/mol. The fourth-order valence-corrected chi connectivity index (χ4v) is 2.07. The zero-order valence-corrected chi connectivity index (χ0v) is 10.5. The number of sulfonamides is 1. The Bertz CT molecular complexity index is 713. The van der Waals surface area contributed by atoms with Crippen molar-refractivity contribution in [3.05, 3.63) is 29.8 Å². The van der Waals surface area contributed by atoms with Gasteiger partial charge in [-0.05, 0) is 6.92 Å². The topological polar surface area (TPSA) is 104 Å². The van der Waals surface area contributed by atoms with Gasteiger partial charge in [-0.2, -0.15) is 5.10 Å². The Morgan fingerprint density at radius 1 is 1.32 bits per heavy atom. The Labute approximate surface area is 107 Å². The van der Waals surface area contributed by atoms with Gasteiger partial charge in [-0.1, -0.05) is 0 Å². The smallest absolute Gasteiger partial charge is 0.242 e. The van der Waals surface area contributed by atoms with Crippen LogP contribution in [0.4, 0.5) is 8.78 Å². The number of primary sulfonamides is 1. The Morgan fingerprint density at radius 3 is 2.53 bits per heavy atom. The normalized spacial score (nSPS) is 12.1. The van der Waals surface area contributed by atoms with Crippen molar-refractivity contribution in [1.82, 2.24) is 19.7 Å². The van der Waals surface area contributed by atoms with Crippen LogP contribution in [0.2, 0.25) is 0 Å². The summed E-state index contributed by atoms with van der Waals surface area (Å²) in [7, 11) is -4.20. The fraction of sp³-hybridized carbons (Fsp3) is 0.222. The largest absolute Gasteiger partial charge is 0.282 e. The van der Waals surface area contributed by atoms with Gasteiger partial charge in [0.2, 0.25) is 0 Å². The highest BCUT2D eigenvalue weighted by Gasteiger charge is 2.23.